The quantitative estimate of drug-likeness (QED) is 0.577. The van der Waals surface area contributed by atoms with Crippen molar-refractivity contribution in [2.24, 2.45) is 0 Å². The van der Waals surface area contributed by atoms with Gasteiger partial charge in [0.2, 0.25) is 9.84 Å². The van der Waals surface area contributed by atoms with Crippen LogP contribution < -0.4 is 9.47 Å². The lowest BCUT2D eigenvalue weighted by Crippen LogP contribution is -2.06. The molecular formula is C22H22O4S. The van der Waals surface area contributed by atoms with Gasteiger partial charge in [-0.2, -0.15) is 0 Å². The lowest BCUT2D eigenvalue weighted by atomic mass is 10.2. The van der Waals surface area contributed by atoms with Crippen molar-refractivity contribution in [3.8, 4) is 11.5 Å². The van der Waals surface area contributed by atoms with Crippen LogP contribution in [-0.2, 0) is 16.4 Å². The molecule has 0 radical (unpaired) electrons. The zero-order chi connectivity index (χ0) is 25.2. The van der Waals surface area contributed by atoms with Gasteiger partial charge in [-0.25, -0.2) is 8.42 Å². The molecule has 4 nitrogen and oxygen atoms in total. The molecule has 3 rings (SSSR count). The Morgan fingerprint density at radius 3 is 1.96 bits per heavy atom. The Kier molecular flexibility index (Phi) is 3.62. The summed E-state index contributed by atoms with van der Waals surface area (Å²) >= 11 is 0. The molecule has 0 aliphatic heterocycles. The zero-order valence-corrected chi connectivity index (χ0v) is 15.1. The third-order valence-corrected chi connectivity index (χ3v) is 5.52. The highest BCUT2D eigenvalue weighted by molar-refractivity contribution is 7.91. The summed E-state index contributed by atoms with van der Waals surface area (Å²) in [6, 6.07) is 19.9. The van der Waals surface area contributed by atoms with Gasteiger partial charge < -0.3 is 9.47 Å². The van der Waals surface area contributed by atoms with Crippen LogP contribution in [0.25, 0.3) is 0 Å². The number of sulfone groups is 1. The predicted octanol–water partition coefficient (Wildman–Crippen LogP) is 4.89. The highest BCUT2D eigenvalue weighted by Crippen LogP contribution is 2.25. The standard InChI is InChI=1S/C22H22O4S/c1-17(2)26-20-10-14-22(15-11-20)27(23,24)21-12-8-19(9-13-21)25-16-18-6-4-3-5-7-18/h3-15,17H,16H2,1-2H3/i1D3,2D3,17D. The van der Waals surface area contributed by atoms with Crippen molar-refractivity contribution >= 4 is 9.84 Å². The van der Waals surface area contributed by atoms with Gasteiger partial charge in [-0.3, -0.25) is 0 Å². The number of hydrogen-bond acceptors (Lipinski definition) is 4. The van der Waals surface area contributed by atoms with Crippen molar-refractivity contribution in [2.75, 3.05) is 0 Å². The molecule has 0 amide bonds. The lowest BCUT2D eigenvalue weighted by Gasteiger charge is -2.11. The summed E-state index contributed by atoms with van der Waals surface area (Å²) in [4.78, 5) is -0.107. The first-order valence-corrected chi connectivity index (χ1v) is 9.53. The van der Waals surface area contributed by atoms with E-state index in [0.717, 1.165) is 29.8 Å². The van der Waals surface area contributed by atoms with Gasteiger partial charge in [-0.15, -0.1) is 0 Å². The minimum atomic E-state index is -3.92. The van der Waals surface area contributed by atoms with Gasteiger partial charge in [0.1, 0.15) is 18.1 Å². The van der Waals surface area contributed by atoms with Crippen LogP contribution in [0, 0.1) is 0 Å². The van der Waals surface area contributed by atoms with Crippen LogP contribution in [0.1, 0.15) is 28.9 Å². The second-order valence-corrected chi connectivity index (χ2v) is 7.60. The van der Waals surface area contributed by atoms with Gasteiger partial charge in [0.25, 0.3) is 0 Å². The number of rotatable bonds is 7. The smallest absolute Gasteiger partial charge is 0.206 e. The molecule has 0 bridgehead atoms. The summed E-state index contributed by atoms with van der Waals surface area (Å²) in [6.07, 6.45) is -3.21. The molecule has 140 valence electrons. The van der Waals surface area contributed by atoms with E-state index in [0.29, 0.717) is 12.4 Å². The van der Waals surface area contributed by atoms with Crippen LogP contribution in [0.5, 0.6) is 11.5 Å². The normalized spacial score (nSPS) is 16.5. The molecule has 0 atom stereocenters. The fraction of sp³-hybridized carbons (Fsp3) is 0.182. The second kappa shape index (κ2) is 8.27. The Labute approximate surface area is 170 Å². The molecule has 5 heteroatoms. The summed E-state index contributed by atoms with van der Waals surface area (Å²) in [5.41, 5.74) is 0.968. The number of ether oxygens (including phenoxy) is 2. The molecule has 0 unspecified atom stereocenters. The largest absolute Gasteiger partial charge is 0.491 e. The Hall–Kier alpha value is -2.79. The molecule has 27 heavy (non-hydrogen) atoms. The molecule has 0 aromatic heterocycles. The van der Waals surface area contributed by atoms with Crippen LogP contribution in [0.15, 0.2) is 88.7 Å². The van der Waals surface area contributed by atoms with E-state index in [4.69, 9.17) is 19.1 Å². The molecule has 0 heterocycles. The van der Waals surface area contributed by atoms with Crippen LogP contribution >= 0.6 is 0 Å². The van der Waals surface area contributed by atoms with Gasteiger partial charge in [-0.05, 0) is 67.8 Å². The monoisotopic (exact) mass is 389 g/mol. The topological polar surface area (TPSA) is 52.6 Å². The van der Waals surface area contributed by atoms with E-state index in [9.17, 15) is 8.42 Å². The SMILES string of the molecule is [2H]C([2H])([2H])C([2H])(Oc1ccc(S(=O)(=O)c2ccc(OCc3ccccc3)cc2)cc1)C([2H])([2H])[2H]. The van der Waals surface area contributed by atoms with Crippen molar-refractivity contribution in [1.82, 2.24) is 0 Å². The number of hydrogen-bond donors (Lipinski definition) is 0. The van der Waals surface area contributed by atoms with Crippen LogP contribution in [0.4, 0.5) is 0 Å². The maximum atomic E-state index is 12.9. The zero-order valence-electron chi connectivity index (χ0n) is 21.3. The fourth-order valence-corrected chi connectivity index (χ4v) is 3.66. The minimum absolute atomic E-state index is 0.00745. The fourth-order valence-electron chi connectivity index (χ4n) is 2.40. The van der Waals surface area contributed by atoms with E-state index in [1.807, 2.05) is 30.3 Å². The van der Waals surface area contributed by atoms with E-state index < -0.39 is 29.6 Å². The van der Waals surface area contributed by atoms with Crippen molar-refractivity contribution in [3.05, 3.63) is 84.4 Å². The highest BCUT2D eigenvalue weighted by atomic mass is 32.2. The summed E-state index contributed by atoms with van der Waals surface area (Å²) in [7, 11) is -3.92. The van der Waals surface area contributed by atoms with Gasteiger partial charge >= 0.3 is 0 Å². The van der Waals surface area contributed by atoms with E-state index in [-0.39, 0.29) is 15.5 Å². The lowest BCUT2D eigenvalue weighted by molar-refractivity contribution is 0.242. The Balaban J connectivity index is 1.75. The van der Waals surface area contributed by atoms with Crippen molar-refractivity contribution in [2.45, 2.75) is 36.2 Å². The van der Waals surface area contributed by atoms with Crippen molar-refractivity contribution in [3.63, 3.8) is 0 Å². The summed E-state index contributed by atoms with van der Waals surface area (Å²) < 4.78 is 88.8. The first-order valence-electron chi connectivity index (χ1n) is 11.5. The average molecular weight is 390 g/mol. The summed E-state index contributed by atoms with van der Waals surface area (Å²) in [6.45, 7) is -6.21. The Morgan fingerprint density at radius 2 is 1.41 bits per heavy atom. The second-order valence-electron chi connectivity index (χ2n) is 5.65. The van der Waals surface area contributed by atoms with E-state index in [1.165, 1.54) is 24.3 Å². The molecule has 0 spiro atoms. The third-order valence-electron chi connectivity index (χ3n) is 3.74. The predicted molar refractivity (Wildman–Crippen MR) is 105 cm³/mol. The van der Waals surface area contributed by atoms with Crippen LogP contribution in [0.3, 0.4) is 0 Å². The van der Waals surface area contributed by atoms with Gasteiger partial charge in [0.05, 0.1) is 17.2 Å². The Morgan fingerprint density at radius 1 is 0.852 bits per heavy atom. The first-order chi connectivity index (χ1) is 15.7. The molecule has 0 saturated carbocycles. The van der Waals surface area contributed by atoms with Gasteiger partial charge in [0, 0.05) is 8.22 Å². The third kappa shape index (κ3) is 4.89. The Bertz CT molecular complexity index is 1190. The maximum absolute atomic E-state index is 12.9. The van der Waals surface area contributed by atoms with E-state index in [1.54, 1.807) is 0 Å². The molecule has 3 aromatic rings. The van der Waals surface area contributed by atoms with E-state index in [2.05, 4.69) is 0 Å². The molecule has 0 N–H and O–H groups in total. The molecule has 0 saturated heterocycles. The summed E-state index contributed by atoms with van der Waals surface area (Å²) in [5.74, 6) is 0.235. The maximum Gasteiger partial charge on any atom is 0.206 e. The molecule has 3 aromatic carbocycles. The van der Waals surface area contributed by atoms with Gasteiger partial charge in [-0.1, -0.05) is 30.3 Å². The number of benzene rings is 3. The van der Waals surface area contributed by atoms with Gasteiger partial charge in [0.15, 0.2) is 0 Å². The highest BCUT2D eigenvalue weighted by Gasteiger charge is 2.17. The average Bonchev–Trinajstić information content (AvgIpc) is 2.77. The molecular weight excluding hydrogens is 360 g/mol. The van der Waals surface area contributed by atoms with Crippen molar-refractivity contribution in [1.29, 1.82) is 0 Å². The van der Waals surface area contributed by atoms with Crippen molar-refractivity contribution < 1.29 is 27.5 Å². The van der Waals surface area contributed by atoms with Crippen LogP contribution in [0.2, 0.25) is 0 Å². The molecule has 0 fully saturated rings. The van der Waals surface area contributed by atoms with E-state index >= 15 is 0 Å². The molecule has 0 aliphatic rings. The minimum Gasteiger partial charge on any atom is -0.491 e. The summed E-state index contributed by atoms with van der Waals surface area (Å²) in [5, 5.41) is 0. The molecule has 0 aliphatic carbocycles. The van der Waals surface area contributed by atoms with Crippen LogP contribution in [-0.4, -0.2) is 14.5 Å². The first kappa shape index (κ1) is 11.8.